The number of aryl methyl sites for hydroxylation is 1. The van der Waals surface area contributed by atoms with E-state index in [4.69, 9.17) is 23.2 Å². The van der Waals surface area contributed by atoms with E-state index in [0.29, 0.717) is 5.15 Å². The zero-order chi connectivity index (χ0) is 16.1. The predicted octanol–water partition coefficient (Wildman–Crippen LogP) is 3.79. The molecule has 0 bridgehead atoms. The smallest absolute Gasteiger partial charge is 0.146 e. The van der Waals surface area contributed by atoms with Crippen LogP contribution in [0.15, 0.2) is 36.8 Å². The Bertz CT molecular complexity index is 621. The van der Waals surface area contributed by atoms with Gasteiger partial charge in [-0.3, -0.25) is 4.90 Å². The number of halogens is 2. The van der Waals surface area contributed by atoms with Crippen LogP contribution in [-0.2, 0) is 6.54 Å². The Labute approximate surface area is 147 Å². The molecule has 0 spiro atoms. The van der Waals surface area contributed by atoms with Crippen LogP contribution in [0.25, 0.3) is 0 Å². The quantitative estimate of drug-likeness (QED) is 0.739. The Balaban J connectivity index is 1.36. The normalized spacial score (nSPS) is 16.0. The molecule has 0 amide bonds. The molecule has 1 aromatic heterocycles. The molecule has 1 aliphatic heterocycles. The summed E-state index contributed by atoms with van der Waals surface area (Å²) in [6.07, 6.45) is 6.03. The molecule has 0 saturated carbocycles. The van der Waals surface area contributed by atoms with Crippen LogP contribution in [0.3, 0.4) is 0 Å². The molecule has 0 radical (unpaired) electrons. The molecule has 1 aromatic carbocycles. The van der Waals surface area contributed by atoms with E-state index >= 15 is 0 Å². The summed E-state index contributed by atoms with van der Waals surface area (Å²) in [6, 6.07) is 8.13. The number of hydrogen-bond donors (Lipinski definition) is 0. The standard InChI is InChI=1S/C17H22Cl2N4/c18-15-4-3-5-16(12-15)23-10-8-21(9-11-23)6-1-2-7-22-13-17(19)20-14-22/h3-5,12-14H,1-2,6-11H2. The molecule has 1 saturated heterocycles. The summed E-state index contributed by atoms with van der Waals surface area (Å²) in [4.78, 5) is 8.99. The van der Waals surface area contributed by atoms with Gasteiger partial charge in [0.2, 0.25) is 0 Å². The van der Waals surface area contributed by atoms with Gasteiger partial charge >= 0.3 is 0 Å². The molecular weight excluding hydrogens is 331 g/mol. The van der Waals surface area contributed by atoms with Crippen molar-refractivity contribution in [1.82, 2.24) is 14.5 Å². The monoisotopic (exact) mass is 352 g/mol. The molecule has 6 heteroatoms. The Kier molecular flexibility index (Phi) is 5.81. The number of unbranched alkanes of at least 4 members (excludes halogenated alkanes) is 1. The molecular formula is C17H22Cl2N4. The van der Waals surface area contributed by atoms with Crippen LogP contribution in [0.4, 0.5) is 5.69 Å². The summed E-state index contributed by atoms with van der Waals surface area (Å²) in [7, 11) is 0. The molecule has 0 unspecified atom stereocenters. The van der Waals surface area contributed by atoms with Crippen LogP contribution in [0.5, 0.6) is 0 Å². The fraction of sp³-hybridized carbons (Fsp3) is 0.471. The van der Waals surface area contributed by atoms with Crippen LogP contribution in [0, 0.1) is 0 Å². The third-order valence-electron chi connectivity index (χ3n) is 4.29. The minimum Gasteiger partial charge on any atom is -0.369 e. The summed E-state index contributed by atoms with van der Waals surface area (Å²) in [6.45, 7) is 6.51. The van der Waals surface area contributed by atoms with Crippen molar-refractivity contribution in [3.8, 4) is 0 Å². The molecule has 0 atom stereocenters. The van der Waals surface area contributed by atoms with Crippen molar-refractivity contribution < 1.29 is 0 Å². The average Bonchev–Trinajstić information content (AvgIpc) is 2.98. The fourth-order valence-electron chi connectivity index (χ4n) is 2.99. The van der Waals surface area contributed by atoms with E-state index in [9.17, 15) is 0 Å². The molecule has 1 aliphatic rings. The third kappa shape index (κ3) is 4.87. The lowest BCUT2D eigenvalue weighted by atomic mass is 10.2. The number of rotatable bonds is 6. The first-order chi connectivity index (χ1) is 11.2. The zero-order valence-electron chi connectivity index (χ0n) is 13.2. The third-order valence-corrected chi connectivity index (χ3v) is 4.72. The van der Waals surface area contributed by atoms with Crippen LogP contribution < -0.4 is 4.90 Å². The number of aromatic nitrogens is 2. The molecule has 0 aliphatic carbocycles. The first-order valence-corrected chi connectivity index (χ1v) is 8.86. The molecule has 1 fully saturated rings. The highest BCUT2D eigenvalue weighted by Gasteiger charge is 2.16. The zero-order valence-corrected chi connectivity index (χ0v) is 14.7. The van der Waals surface area contributed by atoms with Gasteiger partial charge < -0.3 is 9.47 Å². The predicted molar refractivity (Wildman–Crippen MR) is 96.6 cm³/mol. The summed E-state index contributed by atoms with van der Waals surface area (Å²) < 4.78 is 2.05. The minimum atomic E-state index is 0.571. The Hall–Kier alpha value is -1.23. The van der Waals surface area contributed by atoms with Gasteiger partial charge in [0.05, 0.1) is 6.33 Å². The van der Waals surface area contributed by atoms with Gasteiger partial charge in [-0.1, -0.05) is 29.3 Å². The number of anilines is 1. The molecule has 3 rings (SSSR count). The maximum atomic E-state index is 6.08. The second-order valence-corrected chi connectivity index (χ2v) is 6.77. The molecule has 23 heavy (non-hydrogen) atoms. The van der Waals surface area contributed by atoms with Crippen molar-refractivity contribution in [2.24, 2.45) is 0 Å². The highest BCUT2D eigenvalue weighted by Crippen LogP contribution is 2.20. The van der Waals surface area contributed by atoms with E-state index in [0.717, 1.165) is 50.7 Å². The largest absolute Gasteiger partial charge is 0.369 e. The van der Waals surface area contributed by atoms with E-state index in [1.807, 2.05) is 24.4 Å². The maximum absolute atomic E-state index is 6.08. The second-order valence-electron chi connectivity index (χ2n) is 5.95. The average molecular weight is 353 g/mol. The Morgan fingerprint density at radius 1 is 1.00 bits per heavy atom. The SMILES string of the molecule is Clc1cccc(N2CCN(CCCCn3cnc(Cl)c3)CC2)c1. The van der Waals surface area contributed by atoms with Gasteiger partial charge in [0.1, 0.15) is 5.15 Å². The van der Waals surface area contributed by atoms with Crippen molar-refractivity contribution in [2.75, 3.05) is 37.6 Å². The van der Waals surface area contributed by atoms with Crippen molar-refractivity contribution in [3.05, 3.63) is 47.0 Å². The highest BCUT2D eigenvalue weighted by molar-refractivity contribution is 6.30. The lowest BCUT2D eigenvalue weighted by molar-refractivity contribution is 0.251. The topological polar surface area (TPSA) is 24.3 Å². The van der Waals surface area contributed by atoms with Gasteiger partial charge in [-0.2, -0.15) is 0 Å². The summed E-state index contributed by atoms with van der Waals surface area (Å²) >= 11 is 11.9. The summed E-state index contributed by atoms with van der Waals surface area (Å²) in [5, 5.41) is 1.38. The van der Waals surface area contributed by atoms with Crippen LogP contribution in [0.1, 0.15) is 12.8 Å². The number of hydrogen-bond acceptors (Lipinski definition) is 3. The summed E-state index contributed by atoms with van der Waals surface area (Å²) in [5.41, 5.74) is 1.23. The highest BCUT2D eigenvalue weighted by atomic mass is 35.5. The lowest BCUT2D eigenvalue weighted by Gasteiger charge is -2.36. The summed E-state index contributed by atoms with van der Waals surface area (Å²) in [5.74, 6) is 0. The second kappa shape index (κ2) is 8.04. The van der Waals surface area contributed by atoms with Gasteiger partial charge in [-0.15, -0.1) is 0 Å². The van der Waals surface area contributed by atoms with Crippen molar-refractivity contribution in [1.29, 1.82) is 0 Å². The molecule has 2 heterocycles. The van der Waals surface area contributed by atoms with Gasteiger partial charge in [-0.05, 0) is 37.6 Å². The van der Waals surface area contributed by atoms with Crippen molar-refractivity contribution >= 4 is 28.9 Å². The number of imidazole rings is 1. The van der Waals surface area contributed by atoms with E-state index in [-0.39, 0.29) is 0 Å². The molecule has 2 aromatic rings. The molecule has 4 nitrogen and oxygen atoms in total. The van der Waals surface area contributed by atoms with E-state index < -0.39 is 0 Å². The first-order valence-electron chi connectivity index (χ1n) is 8.11. The molecule has 0 N–H and O–H groups in total. The maximum Gasteiger partial charge on any atom is 0.146 e. The number of nitrogens with zero attached hydrogens (tertiary/aromatic N) is 4. The lowest BCUT2D eigenvalue weighted by Crippen LogP contribution is -2.46. The van der Waals surface area contributed by atoms with Crippen LogP contribution in [-0.4, -0.2) is 47.2 Å². The Morgan fingerprint density at radius 2 is 1.78 bits per heavy atom. The van der Waals surface area contributed by atoms with Gasteiger partial charge in [0, 0.05) is 49.6 Å². The first kappa shape index (κ1) is 16.6. The van der Waals surface area contributed by atoms with E-state index in [1.54, 1.807) is 6.33 Å². The van der Waals surface area contributed by atoms with Crippen molar-refractivity contribution in [2.45, 2.75) is 19.4 Å². The van der Waals surface area contributed by atoms with Crippen molar-refractivity contribution in [3.63, 3.8) is 0 Å². The minimum absolute atomic E-state index is 0.571. The van der Waals surface area contributed by atoms with E-state index in [1.165, 1.54) is 12.1 Å². The fourth-order valence-corrected chi connectivity index (χ4v) is 3.34. The number of benzene rings is 1. The molecule has 124 valence electrons. The van der Waals surface area contributed by atoms with E-state index in [2.05, 4.69) is 25.4 Å². The van der Waals surface area contributed by atoms with Gasteiger partial charge in [-0.25, -0.2) is 4.98 Å². The number of piperazine rings is 1. The Morgan fingerprint density at radius 3 is 2.48 bits per heavy atom. The van der Waals surface area contributed by atoms with Gasteiger partial charge in [0.15, 0.2) is 0 Å². The van der Waals surface area contributed by atoms with Crippen LogP contribution in [0.2, 0.25) is 10.2 Å². The van der Waals surface area contributed by atoms with Crippen LogP contribution >= 0.6 is 23.2 Å². The van der Waals surface area contributed by atoms with Gasteiger partial charge in [0.25, 0.3) is 0 Å².